The quantitative estimate of drug-likeness (QED) is 0.280. The standard InChI is InChI=1S/C25H24ClN3O3S/c1-2-3-4-5-14-32-21-12-6-17(7-13-21)23-18(15-22-24(30)27-25(31)33-22)16-29(28-23)20-10-8-19(26)9-11-20/h6-13,15-16H,2-5,14H2,1H3,(H,27,30,31)/b22-15+. The molecule has 33 heavy (non-hydrogen) atoms. The van der Waals surface area contributed by atoms with Crippen LogP contribution in [-0.2, 0) is 4.79 Å². The molecule has 3 aromatic rings. The number of thioether (sulfide) groups is 1. The fraction of sp³-hybridized carbons (Fsp3) is 0.240. The molecule has 1 aromatic heterocycles. The van der Waals surface area contributed by atoms with E-state index in [1.807, 2.05) is 42.6 Å². The zero-order valence-electron chi connectivity index (χ0n) is 18.2. The first kappa shape index (κ1) is 23.1. The Balaban J connectivity index is 1.62. The third kappa shape index (κ3) is 5.86. The summed E-state index contributed by atoms with van der Waals surface area (Å²) in [5.41, 5.74) is 3.13. The van der Waals surface area contributed by atoms with E-state index in [9.17, 15) is 9.59 Å². The molecule has 4 rings (SSSR count). The Kier molecular flexibility index (Phi) is 7.52. The van der Waals surface area contributed by atoms with Gasteiger partial charge in [-0.1, -0.05) is 37.8 Å². The summed E-state index contributed by atoms with van der Waals surface area (Å²) in [6, 6.07) is 15.1. The maximum atomic E-state index is 12.1. The number of unbranched alkanes of at least 4 members (excludes halogenated alkanes) is 3. The number of benzene rings is 2. The van der Waals surface area contributed by atoms with Crippen LogP contribution < -0.4 is 10.1 Å². The van der Waals surface area contributed by atoms with E-state index in [4.69, 9.17) is 21.4 Å². The Labute approximate surface area is 202 Å². The van der Waals surface area contributed by atoms with Gasteiger partial charge in [0.1, 0.15) is 5.75 Å². The molecule has 0 spiro atoms. The van der Waals surface area contributed by atoms with Gasteiger partial charge in [-0.05, 0) is 72.8 Å². The number of carbonyl (C=O) groups excluding carboxylic acids is 2. The number of carbonyl (C=O) groups is 2. The van der Waals surface area contributed by atoms with Crippen molar-refractivity contribution in [2.75, 3.05) is 6.61 Å². The van der Waals surface area contributed by atoms with Gasteiger partial charge in [0.2, 0.25) is 0 Å². The van der Waals surface area contributed by atoms with Crippen LogP contribution in [0.5, 0.6) is 5.75 Å². The van der Waals surface area contributed by atoms with Gasteiger partial charge >= 0.3 is 0 Å². The minimum absolute atomic E-state index is 0.337. The predicted octanol–water partition coefficient (Wildman–Crippen LogP) is 6.48. The van der Waals surface area contributed by atoms with Crippen LogP contribution in [0.2, 0.25) is 5.02 Å². The second kappa shape index (κ2) is 10.7. The molecule has 0 radical (unpaired) electrons. The first-order chi connectivity index (χ1) is 16.0. The van der Waals surface area contributed by atoms with Crippen molar-refractivity contribution in [1.82, 2.24) is 15.1 Å². The van der Waals surface area contributed by atoms with Crippen LogP contribution >= 0.6 is 23.4 Å². The predicted molar refractivity (Wildman–Crippen MR) is 133 cm³/mol. The topological polar surface area (TPSA) is 73.2 Å². The Morgan fingerprint density at radius 3 is 2.48 bits per heavy atom. The van der Waals surface area contributed by atoms with Crippen molar-refractivity contribution in [1.29, 1.82) is 0 Å². The van der Waals surface area contributed by atoms with Crippen LogP contribution in [0.25, 0.3) is 23.0 Å². The fourth-order valence-electron chi connectivity index (χ4n) is 3.43. The van der Waals surface area contributed by atoms with E-state index in [2.05, 4.69) is 12.2 Å². The second-order valence-electron chi connectivity index (χ2n) is 7.64. The number of amides is 2. The van der Waals surface area contributed by atoms with Crippen molar-refractivity contribution in [3.05, 3.63) is 70.2 Å². The highest BCUT2D eigenvalue weighted by Gasteiger charge is 2.26. The Hall–Kier alpha value is -3.03. The molecule has 1 aliphatic heterocycles. The van der Waals surface area contributed by atoms with Crippen LogP contribution in [0.15, 0.2) is 59.6 Å². The average Bonchev–Trinajstić information content (AvgIpc) is 3.37. The van der Waals surface area contributed by atoms with Crippen LogP contribution in [0.1, 0.15) is 38.2 Å². The Morgan fingerprint density at radius 2 is 1.82 bits per heavy atom. The van der Waals surface area contributed by atoms with E-state index < -0.39 is 5.91 Å². The van der Waals surface area contributed by atoms with Crippen molar-refractivity contribution < 1.29 is 14.3 Å². The van der Waals surface area contributed by atoms with Crippen molar-refractivity contribution in [3.63, 3.8) is 0 Å². The molecule has 1 N–H and O–H groups in total. The summed E-state index contributed by atoms with van der Waals surface area (Å²) in [6.45, 7) is 2.88. The summed E-state index contributed by atoms with van der Waals surface area (Å²) in [6.07, 6.45) is 8.15. The van der Waals surface area contributed by atoms with Gasteiger partial charge in [-0.3, -0.25) is 14.9 Å². The minimum atomic E-state index is -0.401. The van der Waals surface area contributed by atoms with E-state index in [0.717, 1.165) is 40.7 Å². The molecule has 2 amide bonds. The normalized spacial score (nSPS) is 14.7. The van der Waals surface area contributed by atoms with Crippen molar-refractivity contribution in [3.8, 4) is 22.7 Å². The van der Waals surface area contributed by atoms with E-state index in [1.165, 1.54) is 19.3 Å². The molecule has 1 aliphatic rings. The molecule has 2 heterocycles. The van der Waals surface area contributed by atoms with Gasteiger partial charge in [0.15, 0.2) is 0 Å². The lowest BCUT2D eigenvalue weighted by atomic mass is 10.1. The smallest absolute Gasteiger partial charge is 0.290 e. The molecule has 8 heteroatoms. The third-order valence-electron chi connectivity index (χ3n) is 5.16. The number of hydrogen-bond donors (Lipinski definition) is 1. The number of rotatable bonds is 9. The lowest BCUT2D eigenvalue weighted by molar-refractivity contribution is -0.115. The van der Waals surface area contributed by atoms with E-state index >= 15 is 0 Å². The number of aromatic nitrogens is 2. The summed E-state index contributed by atoms with van der Waals surface area (Å²) in [7, 11) is 0. The number of imide groups is 1. The summed E-state index contributed by atoms with van der Waals surface area (Å²) in [5.74, 6) is 0.408. The third-order valence-corrected chi connectivity index (χ3v) is 6.22. The largest absolute Gasteiger partial charge is 0.494 e. The average molecular weight is 482 g/mol. The molecule has 0 bridgehead atoms. The maximum absolute atomic E-state index is 12.1. The molecule has 1 fully saturated rings. The number of halogens is 1. The highest BCUT2D eigenvalue weighted by Crippen LogP contribution is 2.31. The van der Waals surface area contributed by atoms with Gasteiger partial charge in [0.05, 0.1) is 22.9 Å². The second-order valence-corrected chi connectivity index (χ2v) is 9.09. The highest BCUT2D eigenvalue weighted by atomic mass is 35.5. The minimum Gasteiger partial charge on any atom is -0.494 e. The van der Waals surface area contributed by atoms with Crippen LogP contribution in [-0.4, -0.2) is 27.5 Å². The van der Waals surface area contributed by atoms with Gasteiger partial charge in [-0.2, -0.15) is 5.10 Å². The maximum Gasteiger partial charge on any atom is 0.290 e. The molecule has 1 saturated heterocycles. The zero-order chi connectivity index (χ0) is 23.2. The first-order valence-corrected chi connectivity index (χ1v) is 12.1. The number of nitrogens with zero attached hydrogens (tertiary/aromatic N) is 2. The molecule has 170 valence electrons. The SMILES string of the molecule is CCCCCCOc1ccc(-c2nn(-c3ccc(Cl)cc3)cc2/C=C2/SC(=O)NC2=O)cc1. The molecule has 0 atom stereocenters. The highest BCUT2D eigenvalue weighted by molar-refractivity contribution is 8.18. The van der Waals surface area contributed by atoms with E-state index in [0.29, 0.717) is 22.2 Å². The summed E-state index contributed by atoms with van der Waals surface area (Å²) in [5, 5.41) is 7.30. The first-order valence-electron chi connectivity index (χ1n) is 10.9. The molecule has 6 nitrogen and oxygen atoms in total. The fourth-order valence-corrected chi connectivity index (χ4v) is 4.23. The molecule has 0 unspecified atom stereocenters. The Bertz CT molecular complexity index is 1170. The van der Waals surface area contributed by atoms with Crippen molar-refractivity contribution in [2.45, 2.75) is 32.6 Å². The summed E-state index contributed by atoms with van der Waals surface area (Å²) in [4.78, 5) is 24.0. The summed E-state index contributed by atoms with van der Waals surface area (Å²) >= 11 is 6.90. The van der Waals surface area contributed by atoms with E-state index in [-0.39, 0.29) is 5.24 Å². The lowest BCUT2D eigenvalue weighted by Gasteiger charge is -2.07. The molecule has 2 aromatic carbocycles. The summed E-state index contributed by atoms with van der Waals surface area (Å²) < 4.78 is 7.58. The van der Waals surface area contributed by atoms with E-state index in [1.54, 1.807) is 22.9 Å². The van der Waals surface area contributed by atoms with Crippen molar-refractivity contribution >= 4 is 40.6 Å². The van der Waals surface area contributed by atoms with Gasteiger partial charge in [-0.15, -0.1) is 0 Å². The Morgan fingerprint density at radius 1 is 1.06 bits per heavy atom. The molecular weight excluding hydrogens is 458 g/mol. The van der Waals surface area contributed by atoms with Gasteiger partial charge in [0, 0.05) is 22.3 Å². The van der Waals surface area contributed by atoms with Crippen LogP contribution in [0, 0.1) is 0 Å². The number of ether oxygens (including phenoxy) is 1. The van der Waals surface area contributed by atoms with Crippen LogP contribution in [0.3, 0.4) is 0 Å². The van der Waals surface area contributed by atoms with Crippen LogP contribution in [0.4, 0.5) is 4.79 Å². The molecule has 0 aliphatic carbocycles. The van der Waals surface area contributed by atoms with Gasteiger partial charge < -0.3 is 4.74 Å². The zero-order valence-corrected chi connectivity index (χ0v) is 19.8. The van der Waals surface area contributed by atoms with Gasteiger partial charge in [0.25, 0.3) is 11.1 Å². The molecular formula is C25H24ClN3O3S. The lowest BCUT2D eigenvalue weighted by Crippen LogP contribution is -2.17. The number of hydrogen-bond acceptors (Lipinski definition) is 5. The molecule has 0 saturated carbocycles. The van der Waals surface area contributed by atoms with Crippen molar-refractivity contribution in [2.24, 2.45) is 0 Å². The van der Waals surface area contributed by atoms with Gasteiger partial charge in [-0.25, -0.2) is 4.68 Å². The number of nitrogens with one attached hydrogen (secondary N) is 1. The monoisotopic (exact) mass is 481 g/mol.